The summed E-state index contributed by atoms with van der Waals surface area (Å²) in [4.78, 5) is 18.0. The summed E-state index contributed by atoms with van der Waals surface area (Å²) in [7, 11) is 0. The summed E-state index contributed by atoms with van der Waals surface area (Å²) in [6, 6.07) is 2.86. The number of rotatable bonds is 1. The van der Waals surface area contributed by atoms with Crippen LogP contribution in [0.25, 0.3) is 0 Å². The largest absolute Gasteiger partial charge is 0.332 e. The van der Waals surface area contributed by atoms with Gasteiger partial charge in [0.2, 0.25) is 0 Å². The Bertz CT molecular complexity index is 462. The average molecular weight is 329 g/mol. The van der Waals surface area contributed by atoms with Crippen molar-refractivity contribution in [2.75, 3.05) is 19.6 Å². The van der Waals surface area contributed by atoms with Gasteiger partial charge in [-0.2, -0.15) is 0 Å². The predicted octanol–water partition coefficient (Wildman–Crippen LogP) is 2.82. The third-order valence-corrected chi connectivity index (χ3v) is 5.84. The van der Waals surface area contributed by atoms with E-state index in [1.54, 1.807) is 0 Å². The maximum absolute atomic E-state index is 12.6. The zero-order chi connectivity index (χ0) is 12.7. The van der Waals surface area contributed by atoms with E-state index in [4.69, 9.17) is 0 Å². The second-order valence-electron chi connectivity index (χ2n) is 5.20. The zero-order valence-corrected chi connectivity index (χ0v) is 12.8. The molecule has 3 rings (SSSR count). The van der Waals surface area contributed by atoms with E-state index in [0.717, 1.165) is 22.4 Å². The summed E-state index contributed by atoms with van der Waals surface area (Å²) in [6.45, 7) is 5.29. The fourth-order valence-corrected chi connectivity index (χ4v) is 4.54. The molecule has 3 heterocycles. The monoisotopic (exact) mass is 328 g/mol. The number of hydrogen-bond donors (Lipinski definition) is 0. The molecule has 2 unspecified atom stereocenters. The van der Waals surface area contributed by atoms with Gasteiger partial charge in [0.15, 0.2) is 0 Å². The number of thiophene rings is 1. The Kier molecular flexibility index (Phi) is 3.47. The van der Waals surface area contributed by atoms with Crippen molar-refractivity contribution in [2.24, 2.45) is 0 Å². The Morgan fingerprint density at radius 2 is 2.33 bits per heavy atom. The van der Waals surface area contributed by atoms with Crippen molar-refractivity contribution in [3.8, 4) is 0 Å². The quantitative estimate of drug-likeness (QED) is 0.791. The molecule has 1 aromatic heterocycles. The lowest BCUT2D eigenvalue weighted by Gasteiger charge is -2.42. The Morgan fingerprint density at radius 1 is 1.50 bits per heavy atom. The molecule has 2 saturated heterocycles. The number of piperazine rings is 1. The van der Waals surface area contributed by atoms with Gasteiger partial charge in [-0.25, -0.2) is 0 Å². The van der Waals surface area contributed by atoms with Crippen molar-refractivity contribution < 1.29 is 4.79 Å². The minimum Gasteiger partial charge on any atom is -0.332 e. The van der Waals surface area contributed by atoms with Crippen LogP contribution in [0.4, 0.5) is 0 Å². The van der Waals surface area contributed by atoms with Gasteiger partial charge in [0.25, 0.3) is 5.91 Å². The maximum atomic E-state index is 12.6. The molecule has 2 atom stereocenters. The Hall–Kier alpha value is -0.390. The Balaban J connectivity index is 1.79. The highest BCUT2D eigenvalue weighted by Gasteiger charge is 2.37. The predicted molar refractivity (Wildman–Crippen MR) is 77.1 cm³/mol. The van der Waals surface area contributed by atoms with Crippen molar-refractivity contribution in [2.45, 2.75) is 31.8 Å². The first kappa shape index (κ1) is 12.6. The number of nitrogens with zero attached hydrogens (tertiary/aromatic N) is 2. The Morgan fingerprint density at radius 3 is 3.06 bits per heavy atom. The zero-order valence-electron chi connectivity index (χ0n) is 10.4. The van der Waals surface area contributed by atoms with Crippen LogP contribution in [0, 0.1) is 0 Å². The number of hydrogen-bond acceptors (Lipinski definition) is 3. The smallest absolute Gasteiger partial charge is 0.265 e. The van der Waals surface area contributed by atoms with Crippen LogP contribution in [0.5, 0.6) is 0 Å². The first-order chi connectivity index (χ1) is 8.66. The molecule has 0 aromatic carbocycles. The van der Waals surface area contributed by atoms with E-state index in [0.29, 0.717) is 12.1 Å². The van der Waals surface area contributed by atoms with Crippen LogP contribution in [0.15, 0.2) is 15.9 Å². The molecule has 98 valence electrons. The van der Waals surface area contributed by atoms with E-state index < -0.39 is 0 Å². The van der Waals surface area contributed by atoms with Crippen molar-refractivity contribution in [1.82, 2.24) is 9.80 Å². The van der Waals surface area contributed by atoms with Gasteiger partial charge in [-0.15, -0.1) is 11.3 Å². The molecule has 3 nitrogen and oxygen atoms in total. The molecule has 1 aromatic rings. The van der Waals surface area contributed by atoms with E-state index in [-0.39, 0.29) is 5.91 Å². The average Bonchev–Trinajstić information content (AvgIpc) is 2.95. The molecule has 18 heavy (non-hydrogen) atoms. The lowest BCUT2D eigenvalue weighted by molar-refractivity contribution is 0.0399. The summed E-state index contributed by atoms with van der Waals surface area (Å²) in [5, 5.41) is 1.97. The van der Waals surface area contributed by atoms with Crippen LogP contribution in [-0.4, -0.2) is 47.4 Å². The van der Waals surface area contributed by atoms with Gasteiger partial charge in [0.05, 0.1) is 0 Å². The highest BCUT2D eigenvalue weighted by molar-refractivity contribution is 9.10. The third-order valence-electron chi connectivity index (χ3n) is 4.01. The Labute approximate surface area is 120 Å². The lowest BCUT2D eigenvalue weighted by Crippen LogP contribution is -2.56. The highest BCUT2D eigenvalue weighted by Crippen LogP contribution is 2.29. The molecule has 2 aliphatic rings. The summed E-state index contributed by atoms with van der Waals surface area (Å²) < 4.78 is 0.929. The van der Waals surface area contributed by atoms with Crippen LogP contribution < -0.4 is 0 Å². The van der Waals surface area contributed by atoms with Gasteiger partial charge in [0, 0.05) is 29.6 Å². The van der Waals surface area contributed by atoms with Crippen LogP contribution in [0.3, 0.4) is 0 Å². The first-order valence-corrected chi connectivity index (χ1v) is 8.12. The number of carbonyl (C=O) groups excluding carboxylic acids is 1. The second kappa shape index (κ2) is 4.94. The van der Waals surface area contributed by atoms with Gasteiger partial charge in [-0.3, -0.25) is 9.69 Å². The van der Waals surface area contributed by atoms with E-state index in [2.05, 4.69) is 32.7 Å². The molecule has 1 amide bonds. The second-order valence-corrected chi connectivity index (χ2v) is 6.97. The SMILES string of the molecule is CC1CN2CCCC2CN1C(=O)c1sccc1Br. The third kappa shape index (κ3) is 2.12. The number of amides is 1. The summed E-state index contributed by atoms with van der Waals surface area (Å²) in [5.41, 5.74) is 0. The number of carbonyl (C=O) groups is 1. The van der Waals surface area contributed by atoms with E-state index in [1.165, 1.54) is 30.7 Å². The fraction of sp³-hybridized carbons (Fsp3) is 0.615. The molecular weight excluding hydrogens is 312 g/mol. The molecule has 0 bridgehead atoms. The topological polar surface area (TPSA) is 23.6 Å². The molecule has 0 aliphatic carbocycles. The van der Waals surface area contributed by atoms with Crippen molar-refractivity contribution in [3.63, 3.8) is 0 Å². The van der Waals surface area contributed by atoms with Crippen molar-refractivity contribution >= 4 is 33.2 Å². The summed E-state index contributed by atoms with van der Waals surface area (Å²) in [5.74, 6) is 0.191. The van der Waals surface area contributed by atoms with Gasteiger partial charge in [-0.05, 0) is 53.7 Å². The van der Waals surface area contributed by atoms with Gasteiger partial charge >= 0.3 is 0 Å². The van der Waals surface area contributed by atoms with E-state index in [1.807, 2.05) is 11.4 Å². The standard InChI is InChI=1S/C13H17BrN2OS/c1-9-7-15-5-2-3-10(15)8-16(9)13(17)12-11(14)4-6-18-12/h4,6,9-10H,2-3,5,7-8H2,1H3. The van der Waals surface area contributed by atoms with Crippen LogP contribution >= 0.6 is 27.3 Å². The molecular formula is C13H17BrN2OS. The molecule has 2 aliphatic heterocycles. The normalized spacial score (nSPS) is 28.4. The number of halogens is 1. The molecule has 0 radical (unpaired) electrons. The van der Waals surface area contributed by atoms with Crippen molar-refractivity contribution in [1.29, 1.82) is 0 Å². The van der Waals surface area contributed by atoms with Crippen LogP contribution in [0.1, 0.15) is 29.4 Å². The molecule has 2 fully saturated rings. The van der Waals surface area contributed by atoms with E-state index >= 15 is 0 Å². The fourth-order valence-electron chi connectivity index (χ4n) is 3.05. The van der Waals surface area contributed by atoms with Gasteiger partial charge in [-0.1, -0.05) is 0 Å². The molecule has 0 N–H and O–H groups in total. The van der Waals surface area contributed by atoms with Crippen LogP contribution in [0.2, 0.25) is 0 Å². The molecule has 5 heteroatoms. The van der Waals surface area contributed by atoms with Crippen molar-refractivity contribution in [3.05, 3.63) is 20.8 Å². The maximum Gasteiger partial charge on any atom is 0.265 e. The number of fused-ring (bicyclic) bond motifs is 1. The molecule has 0 spiro atoms. The summed E-state index contributed by atoms with van der Waals surface area (Å²) >= 11 is 4.99. The van der Waals surface area contributed by atoms with Crippen LogP contribution in [-0.2, 0) is 0 Å². The summed E-state index contributed by atoms with van der Waals surface area (Å²) in [6.07, 6.45) is 2.52. The van der Waals surface area contributed by atoms with E-state index in [9.17, 15) is 4.79 Å². The minimum absolute atomic E-state index is 0.191. The minimum atomic E-state index is 0.191. The lowest BCUT2D eigenvalue weighted by atomic mass is 10.1. The molecule has 0 saturated carbocycles. The first-order valence-electron chi connectivity index (χ1n) is 6.45. The van der Waals surface area contributed by atoms with Gasteiger partial charge < -0.3 is 4.90 Å². The van der Waals surface area contributed by atoms with Gasteiger partial charge in [0.1, 0.15) is 4.88 Å². The highest BCUT2D eigenvalue weighted by atomic mass is 79.9.